The fraction of sp³-hybridized carbons (Fsp3) is 0.623. The van der Waals surface area contributed by atoms with Crippen LogP contribution in [0, 0.1) is 11.8 Å². The van der Waals surface area contributed by atoms with Gasteiger partial charge < -0.3 is 65.9 Å². The smallest absolute Gasteiger partial charge is 0.329 e. The van der Waals surface area contributed by atoms with Crippen molar-refractivity contribution < 1.29 is 72.4 Å². The van der Waals surface area contributed by atoms with Crippen molar-refractivity contribution in [3.05, 3.63) is 65.7 Å². The molecule has 24 heteroatoms. The van der Waals surface area contributed by atoms with E-state index in [1.165, 1.54) is 42.8 Å². The maximum absolute atomic E-state index is 15.2. The van der Waals surface area contributed by atoms with Crippen molar-refractivity contribution in [3.63, 3.8) is 0 Å². The van der Waals surface area contributed by atoms with Crippen molar-refractivity contribution in [2.24, 2.45) is 11.8 Å². The lowest BCUT2D eigenvalue weighted by Gasteiger charge is -2.43. The Hall–Kier alpha value is -7.63. The maximum atomic E-state index is 15.2. The average Bonchev–Trinajstić information content (AvgIpc) is 2.87. The van der Waals surface area contributed by atoms with Crippen LogP contribution in [-0.4, -0.2) is 188 Å². The van der Waals surface area contributed by atoms with Crippen LogP contribution in [0.2, 0.25) is 0 Å². The van der Waals surface area contributed by atoms with Crippen molar-refractivity contribution in [1.29, 1.82) is 0 Å². The molecule has 4 fully saturated rings. The Labute approximate surface area is 497 Å². The molecule has 9 amide bonds. The summed E-state index contributed by atoms with van der Waals surface area (Å²) in [5, 5.41) is 35.3. The largest absolute Gasteiger partial charge is 0.508 e. The lowest BCUT2D eigenvalue weighted by molar-refractivity contribution is -0.165. The third-order valence-electron chi connectivity index (χ3n) is 16.2. The van der Waals surface area contributed by atoms with Crippen LogP contribution in [-0.2, 0) is 75.1 Å². The average molecular weight is 1190 g/mol. The number of hydrogen-bond donors (Lipinski definition) is 7. The molecule has 2 bridgehead atoms. The van der Waals surface area contributed by atoms with Gasteiger partial charge in [-0.15, -0.1) is 0 Å². The summed E-state index contributed by atoms with van der Waals surface area (Å²) < 4.78 is 12.0. The van der Waals surface area contributed by atoms with E-state index < -0.39 is 132 Å². The first kappa shape index (κ1) is 66.5. The Kier molecular flexibility index (Phi) is 23.8. The Bertz CT molecular complexity index is 2730. The van der Waals surface area contributed by atoms with Crippen LogP contribution >= 0.6 is 0 Å². The van der Waals surface area contributed by atoms with Crippen LogP contribution in [0.25, 0.3) is 0 Å². The molecule has 0 radical (unpaired) electrons. The molecule has 12 atom stereocenters. The summed E-state index contributed by atoms with van der Waals surface area (Å²) in [4.78, 5) is 164. The molecule has 4 aliphatic rings. The van der Waals surface area contributed by atoms with Gasteiger partial charge >= 0.3 is 11.9 Å². The molecule has 0 saturated carbocycles. The number of nitrogens with zero attached hydrogens (tertiary/aromatic N) is 4. The first-order valence-electron chi connectivity index (χ1n) is 30.0. The summed E-state index contributed by atoms with van der Waals surface area (Å²) in [6.45, 7) is 13.6. The molecular weight excluding hydrogens is 1100 g/mol. The number of hydrogen-bond acceptors (Lipinski definition) is 15. The number of phenolic OH excluding ortho intramolecular Hbond substituents is 1. The fourth-order valence-corrected chi connectivity index (χ4v) is 11.5. The van der Waals surface area contributed by atoms with Gasteiger partial charge in [-0.1, -0.05) is 84.0 Å². The number of benzene rings is 2. The number of fused-ring (bicyclic) bond motifs is 2. The Morgan fingerprint density at radius 3 is 1.91 bits per heavy atom. The SMILES string of the molecule is CCCC(=O)N1CCC[C@H]1C(=O)N[C@H](C(=O)N[C@@H]1C(=O)N[C@@H](CC(C)C)C(=O)N[C@H]2CC[C@@H](O)N(C2=O)[C@@H](Cc2ccccc2)C(=O)N(C)[C@@H](Cc2ccc(O)cc2)C(=O)N[C@@H](C(C)C)C(=O)O[C@@H]1C)[C@@H](C)OC(=O)[C@@H]1CCCN1C(=O)CCC. The number of phenols is 1. The van der Waals surface area contributed by atoms with E-state index in [-0.39, 0.29) is 87.8 Å². The number of aliphatic hydroxyl groups excluding tert-OH is 1. The highest BCUT2D eigenvalue weighted by molar-refractivity contribution is 5.99. The third-order valence-corrected chi connectivity index (χ3v) is 16.2. The molecule has 85 heavy (non-hydrogen) atoms. The summed E-state index contributed by atoms with van der Waals surface area (Å²) >= 11 is 0. The molecule has 2 aromatic rings. The van der Waals surface area contributed by atoms with E-state index in [9.17, 15) is 48.6 Å². The molecular formula is C61H87N9O15. The lowest BCUT2D eigenvalue weighted by atomic mass is 9.95. The Morgan fingerprint density at radius 1 is 0.718 bits per heavy atom. The number of ether oxygens (including phenoxy) is 2. The molecule has 6 rings (SSSR count). The maximum Gasteiger partial charge on any atom is 0.329 e. The van der Waals surface area contributed by atoms with E-state index in [2.05, 4.69) is 26.6 Å². The second-order valence-corrected chi connectivity index (χ2v) is 23.6. The number of cyclic esters (lactones) is 1. The van der Waals surface area contributed by atoms with Crippen molar-refractivity contribution in [2.75, 3.05) is 20.1 Å². The van der Waals surface area contributed by atoms with Crippen LogP contribution in [0.1, 0.15) is 137 Å². The summed E-state index contributed by atoms with van der Waals surface area (Å²) in [6.07, 6.45) is -2.35. The first-order valence-corrected chi connectivity index (χ1v) is 30.0. The zero-order valence-corrected chi connectivity index (χ0v) is 50.4. The summed E-state index contributed by atoms with van der Waals surface area (Å²) in [7, 11) is 1.35. The van der Waals surface area contributed by atoms with Crippen molar-refractivity contribution in [2.45, 2.75) is 212 Å². The quantitative estimate of drug-likeness (QED) is 0.105. The minimum absolute atomic E-state index is 0.0390. The standard InChI is InChI=1S/C61H87N9O15/c1-10-17-47(72)68-29-15-21-43(68)54(76)65-52(36(7)84-60(82)44-22-16-30-69(44)48(73)18-11-2)57(79)66-51-37(8)85-61(83)50(35(5)6)64-55(77)45(32-39-23-25-40(71)26-24-39)67(9)59(81)46(33-38-19-13-12-14-20-38)70-49(74)28-27-41(58(70)80)62-53(75)42(31-34(3)4)63-56(51)78/h12-14,19-20,23-26,34-37,41-46,49-52,71,74H,10-11,15-18,21-22,27-33H2,1-9H3,(H,62,75)(H,63,78)(H,64,77)(H,65,76)(H,66,79)/t36-,37-,41+,42+,43+,44+,45+,46+,49-,50+,51+,52+/m1/s1. The van der Waals surface area contributed by atoms with E-state index in [0.717, 1.165) is 9.80 Å². The molecule has 466 valence electrons. The van der Waals surface area contributed by atoms with Gasteiger partial charge in [0.15, 0.2) is 0 Å². The van der Waals surface area contributed by atoms with Gasteiger partial charge in [-0.25, -0.2) is 9.59 Å². The minimum Gasteiger partial charge on any atom is -0.508 e. The number of likely N-dealkylation sites (N-methyl/N-ethyl adjacent to an activating group) is 1. The van der Waals surface area contributed by atoms with E-state index >= 15 is 14.4 Å². The summed E-state index contributed by atoms with van der Waals surface area (Å²) in [5.41, 5.74) is 1.08. The third kappa shape index (κ3) is 17.1. The first-order chi connectivity index (χ1) is 40.3. The molecule has 0 spiro atoms. The zero-order valence-electron chi connectivity index (χ0n) is 50.4. The number of carbonyl (C=O) groups is 11. The van der Waals surface area contributed by atoms with Crippen LogP contribution in [0.3, 0.4) is 0 Å². The number of esters is 2. The number of rotatable bonds is 18. The van der Waals surface area contributed by atoms with E-state index in [0.29, 0.717) is 43.4 Å². The van der Waals surface area contributed by atoms with E-state index in [1.807, 2.05) is 13.8 Å². The van der Waals surface area contributed by atoms with Gasteiger partial charge in [-0.05, 0) is 107 Å². The zero-order chi connectivity index (χ0) is 62.4. The van der Waals surface area contributed by atoms with Crippen LogP contribution in [0.15, 0.2) is 54.6 Å². The summed E-state index contributed by atoms with van der Waals surface area (Å²) in [6, 6.07) is 1.69. The van der Waals surface area contributed by atoms with Crippen LogP contribution in [0.4, 0.5) is 0 Å². The molecule has 7 N–H and O–H groups in total. The highest BCUT2D eigenvalue weighted by Gasteiger charge is 2.47. The summed E-state index contributed by atoms with van der Waals surface area (Å²) in [5.74, 6) is -9.83. The number of amides is 9. The minimum atomic E-state index is -1.91. The van der Waals surface area contributed by atoms with Crippen molar-refractivity contribution >= 4 is 65.1 Å². The topological polar surface area (TPSA) is 320 Å². The number of likely N-dealkylation sites (tertiary alicyclic amines) is 2. The second kappa shape index (κ2) is 30.4. The van der Waals surface area contributed by atoms with Gasteiger partial charge in [0.05, 0.1) is 0 Å². The van der Waals surface area contributed by atoms with Gasteiger partial charge in [0, 0.05) is 45.8 Å². The second-order valence-electron chi connectivity index (χ2n) is 23.6. The molecule has 0 unspecified atom stereocenters. The molecule has 0 aromatic heterocycles. The molecule has 4 aliphatic heterocycles. The van der Waals surface area contributed by atoms with Gasteiger partial charge in [0.1, 0.15) is 78.6 Å². The fourth-order valence-electron chi connectivity index (χ4n) is 11.5. The molecule has 4 heterocycles. The van der Waals surface area contributed by atoms with E-state index in [1.54, 1.807) is 70.2 Å². The Morgan fingerprint density at radius 2 is 1.31 bits per heavy atom. The predicted octanol–water partition coefficient (Wildman–Crippen LogP) is 1.90. The molecule has 4 saturated heterocycles. The van der Waals surface area contributed by atoms with E-state index in [4.69, 9.17) is 9.47 Å². The van der Waals surface area contributed by atoms with Crippen molar-refractivity contribution in [1.82, 2.24) is 46.2 Å². The number of nitrogens with one attached hydrogen (secondary N) is 5. The highest BCUT2D eigenvalue weighted by atomic mass is 16.6. The molecule has 24 nitrogen and oxygen atoms in total. The van der Waals surface area contributed by atoms with Crippen LogP contribution < -0.4 is 26.6 Å². The predicted molar refractivity (Wildman–Crippen MR) is 309 cm³/mol. The number of piperidine rings is 1. The molecule has 2 aromatic carbocycles. The van der Waals surface area contributed by atoms with Gasteiger partial charge in [-0.2, -0.15) is 0 Å². The molecule has 0 aliphatic carbocycles. The van der Waals surface area contributed by atoms with Gasteiger partial charge in [0.2, 0.25) is 53.2 Å². The highest BCUT2D eigenvalue weighted by Crippen LogP contribution is 2.27. The van der Waals surface area contributed by atoms with Gasteiger partial charge in [-0.3, -0.25) is 43.2 Å². The number of aliphatic hydroxyl groups is 1. The number of aromatic hydroxyl groups is 1. The van der Waals surface area contributed by atoms with Crippen molar-refractivity contribution in [3.8, 4) is 5.75 Å². The lowest BCUT2D eigenvalue weighted by Crippen LogP contribution is -2.65. The Balaban J connectivity index is 1.42. The normalized spacial score (nSPS) is 26.3. The monoisotopic (exact) mass is 1190 g/mol. The van der Waals surface area contributed by atoms with Gasteiger partial charge in [0.25, 0.3) is 0 Å². The number of carbonyl (C=O) groups excluding carboxylic acids is 11. The van der Waals surface area contributed by atoms with Crippen LogP contribution in [0.5, 0.6) is 5.75 Å².